The molecule has 1 heterocycles. The van der Waals surface area contributed by atoms with Crippen LogP contribution in [0.3, 0.4) is 0 Å². The van der Waals surface area contributed by atoms with E-state index in [1.165, 1.54) is 19.3 Å². The predicted molar refractivity (Wildman–Crippen MR) is 77.0 cm³/mol. The van der Waals surface area contributed by atoms with Gasteiger partial charge in [0.25, 0.3) is 6.01 Å². The van der Waals surface area contributed by atoms with Crippen LogP contribution < -0.4 is 11.1 Å². The van der Waals surface area contributed by atoms with Crippen molar-refractivity contribution in [1.29, 1.82) is 0 Å². The molecule has 1 aliphatic carbocycles. The van der Waals surface area contributed by atoms with Gasteiger partial charge in [-0.3, -0.25) is 0 Å². The second-order valence-electron chi connectivity index (χ2n) is 4.70. The molecule has 0 amide bonds. The van der Waals surface area contributed by atoms with E-state index in [4.69, 9.17) is 10.2 Å². The van der Waals surface area contributed by atoms with Gasteiger partial charge < -0.3 is 15.5 Å². The van der Waals surface area contributed by atoms with Crippen molar-refractivity contribution >= 4 is 34.6 Å². The highest BCUT2D eigenvalue weighted by Gasteiger charge is 2.27. The fraction of sp³-hybridized carbons (Fsp3) is 0.462. The van der Waals surface area contributed by atoms with Crippen molar-refractivity contribution in [3.05, 3.63) is 18.2 Å². The molecule has 0 aliphatic heterocycles. The first-order chi connectivity index (χ1) is 8.76. The van der Waals surface area contributed by atoms with Crippen molar-refractivity contribution in [1.82, 2.24) is 4.98 Å². The Morgan fingerprint density at radius 3 is 3.17 bits per heavy atom. The van der Waals surface area contributed by atoms with Gasteiger partial charge in [-0.15, -0.1) is 0 Å². The minimum Gasteiger partial charge on any atom is -0.423 e. The molecule has 1 aliphatic rings. The van der Waals surface area contributed by atoms with Crippen LogP contribution in [0.4, 0.5) is 11.7 Å². The normalized spacial score (nSPS) is 23.6. The van der Waals surface area contributed by atoms with Crippen LogP contribution in [0.15, 0.2) is 22.6 Å². The van der Waals surface area contributed by atoms with Gasteiger partial charge in [0.05, 0.1) is 0 Å². The summed E-state index contributed by atoms with van der Waals surface area (Å²) < 4.78 is 5.69. The molecule has 2 aromatic rings. The Kier molecular flexibility index (Phi) is 3.07. The Balaban J connectivity index is 1.82. The largest absolute Gasteiger partial charge is 0.423 e. The minimum absolute atomic E-state index is 0.463. The van der Waals surface area contributed by atoms with Gasteiger partial charge in [0.1, 0.15) is 5.52 Å². The molecule has 2 atom stereocenters. The molecule has 0 spiro atoms. The quantitative estimate of drug-likeness (QED) is 0.833. The third-order valence-electron chi connectivity index (χ3n) is 3.48. The van der Waals surface area contributed by atoms with Gasteiger partial charge in [-0.25, -0.2) is 0 Å². The van der Waals surface area contributed by atoms with Crippen molar-refractivity contribution < 1.29 is 4.42 Å². The summed E-state index contributed by atoms with van der Waals surface area (Å²) in [6, 6.07) is 6.62. The van der Waals surface area contributed by atoms with Crippen LogP contribution in [0.5, 0.6) is 0 Å². The SMILES string of the molecule is CSC1CCCC1Nc1nc2ccc(N)cc2o1. The Morgan fingerprint density at radius 1 is 1.44 bits per heavy atom. The highest BCUT2D eigenvalue weighted by molar-refractivity contribution is 7.99. The fourth-order valence-electron chi connectivity index (χ4n) is 2.53. The summed E-state index contributed by atoms with van der Waals surface area (Å²) in [6.07, 6.45) is 5.90. The third kappa shape index (κ3) is 2.14. The van der Waals surface area contributed by atoms with Crippen molar-refractivity contribution in [2.45, 2.75) is 30.6 Å². The fourth-order valence-corrected chi connectivity index (χ4v) is 3.47. The maximum Gasteiger partial charge on any atom is 0.295 e. The molecule has 0 saturated heterocycles. The van der Waals surface area contributed by atoms with Crippen molar-refractivity contribution in [3.63, 3.8) is 0 Å². The zero-order valence-electron chi connectivity index (χ0n) is 10.3. The molecular formula is C13H17N3OS. The Bertz CT molecular complexity index is 554. The van der Waals surface area contributed by atoms with E-state index < -0.39 is 0 Å². The summed E-state index contributed by atoms with van der Waals surface area (Å²) in [7, 11) is 0. The second kappa shape index (κ2) is 4.72. The highest BCUT2D eigenvalue weighted by Crippen LogP contribution is 2.31. The number of nitrogens with two attached hydrogens (primary N) is 1. The van der Waals surface area contributed by atoms with Crippen LogP contribution in [-0.4, -0.2) is 22.5 Å². The third-order valence-corrected chi connectivity index (χ3v) is 4.65. The van der Waals surface area contributed by atoms with Crippen LogP contribution in [0, 0.1) is 0 Å². The Hall–Kier alpha value is -1.36. The van der Waals surface area contributed by atoms with Gasteiger partial charge in [0.2, 0.25) is 0 Å². The number of hydrogen-bond acceptors (Lipinski definition) is 5. The zero-order chi connectivity index (χ0) is 12.5. The standard InChI is InChI=1S/C13H17N3OS/c1-18-12-4-2-3-10(12)16-13-15-9-6-5-8(14)7-11(9)17-13/h5-7,10,12H,2-4,14H2,1H3,(H,15,16). The van der Waals surface area contributed by atoms with Crippen LogP contribution in [0.1, 0.15) is 19.3 Å². The Morgan fingerprint density at radius 2 is 2.33 bits per heavy atom. The minimum atomic E-state index is 0.463. The van der Waals surface area contributed by atoms with Gasteiger partial charge in [0.15, 0.2) is 5.58 Å². The molecule has 1 fully saturated rings. The molecule has 3 rings (SSSR count). The lowest BCUT2D eigenvalue weighted by Crippen LogP contribution is -2.25. The number of nitrogens with zero attached hydrogens (tertiary/aromatic N) is 1. The lowest BCUT2D eigenvalue weighted by molar-refractivity contribution is 0.596. The number of aromatic nitrogens is 1. The number of anilines is 2. The summed E-state index contributed by atoms with van der Waals surface area (Å²) in [4.78, 5) is 4.44. The first-order valence-electron chi connectivity index (χ1n) is 6.21. The monoisotopic (exact) mass is 263 g/mol. The predicted octanol–water partition coefficient (Wildman–Crippen LogP) is 3.11. The van der Waals surface area contributed by atoms with Crippen LogP contribution in [0.2, 0.25) is 0 Å². The number of nitrogen functional groups attached to an aromatic ring is 1. The van der Waals surface area contributed by atoms with Crippen molar-refractivity contribution in [2.75, 3.05) is 17.3 Å². The van der Waals surface area contributed by atoms with E-state index in [2.05, 4.69) is 16.6 Å². The molecule has 18 heavy (non-hydrogen) atoms. The average molecular weight is 263 g/mol. The molecule has 5 heteroatoms. The van der Waals surface area contributed by atoms with Crippen molar-refractivity contribution in [2.24, 2.45) is 0 Å². The number of nitrogens with one attached hydrogen (secondary N) is 1. The highest BCUT2D eigenvalue weighted by atomic mass is 32.2. The molecule has 1 saturated carbocycles. The summed E-state index contributed by atoms with van der Waals surface area (Å²) >= 11 is 1.92. The van der Waals surface area contributed by atoms with Crippen LogP contribution >= 0.6 is 11.8 Å². The molecule has 1 aromatic carbocycles. The van der Waals surface area contributed by atoms with Crippen molar-refractivity contribution in [3.8, 4) is 0 Å². The topological polar surface area (TPSA) is 64.1 Å². The Labute approximate surface area is 110 Å². The lowest BCUT2D eigenvalue weighted by atomic mass is 10.2. The van der Waals surface area contributed by atoms with Crippen LogP contribution in [-0.2, 0) is 0 Å². The molecule has 0 bridgehead atoms. The van der Waals surface area contributed by atoms with Gasteiger partial charge in [-0.05, 0) is 31.2 Å². The number of oxazole rings is 1. The number of fused-ring (bicyclic) bond motifs is 1. The second-order valence-corrected chi connectivity index (χ2v) is 5.78. The molecule has 1 aromatic heterocycles. The van der Waals surface area contributed by atoms with E-state index in [-0.39, 0.29) is 0 Å². The zero-order valence-corrected chi connectivity index (χ0v) is 11.2. The number of thioether (sulfide) groups is 1. The van der Waals surface area contributed by atoms with E-state index in [0.717, 1.165) is 11.1 Å². The molecule has 2 unspecified atom stereocenters. The summed E-state index contributed by atoms with van der Waals surface area (Å²) in [5.41, 5.74) is 8.03. The molecule has 4 nitrogen and oxygen atoms in total. The first-order valence-corrected chi connectivity index (χ1v) is 7.50. The van der Waals surface area contributed by atoms with E-state index in [1.54, 1.807) is 0 Å². The van der Waals surface area contributed by atoms with Gasteiger partial charge in [0, 0.05) is 23.0 Å². The molecule has 0 radical (unpaired) electrons. The van der Waals surface area contributed by atoms with Gasteiger partial charge >= 0.3 is 0 Å². The smallest absolute Gasteiger partial charge is 0.295 e. The maximum absolute atomic E-state index is 5.73. The van der Waals surface area contributed by atoms with E-state index in [0.29, 0.717) is 23.0 Å². The van der Waals surface area contributed by atoms with Crippen LogP contribution in [0.25, 0.3) is 11.1 Å². The molecular weight excluding hydrogens is 246 g/mol. The number of benzene rings is 1. The summed E-state index contributed by atoms with van der Waals surface area (Å²) in [5.74, 6) is 0. The summed E-state index contributed by atoms with van der Waals surface area (Å²) in [5, 5.41) is 4.07. The summed E-state index contributed by atoms with van der Waals surface area (Å²) in [6.45, 7) is 0. The van der Waals surface area contributed by atoms with Gasteiger partial charge in [-0.1, -0.05) is 6.42 Å². The lowest BCUT2D eigenvalue weighted by Gasteiger charge is -2.17. The number of rotatable bonds is 3. The van der Waals surface area contributed by atoms with E-state index in [9.17, 15) is 0 Å². The maximum atomic E-state index is 5.73. The van der Waals surface area contributed by atoms with E-state index in [1.807, 2.05) is 30.0 Å². The van der Waals surface area contributed by atoms with E-state index >= 15 is 0 Å². The number of hydrogen-bond donors (Lipinski definition) is 2. The van der Waals surface area contributed by atoms with Gasteiger partial charge in [-0.2, -0.15) is 16.7 Å². The first kappa shape index (κ1) is 11.7. The molecule has 3 N–H and O–H groups in total. The average Bonchev–Trinajstić information content (AvgIpc) is 2.94. The molecule has 96 valence electrons.